The van der Waals surface area contributed by atoms with Crippen molar-refractivity contribution in [2.24, 2.45) is 5.92 Å². The summed E-state index contributed by atoms with van der Waals surface area (Å²) in [6.07, 6.45) is 5.71. The van der Waals surface area contributed by atoms with Crippen LogP contribution in [-0.4, -0.2) is 11.5 Å². The highest BCUT2D eigenvalue weighted by molar-refractivity contribution is 5.90. The van der Waals surface area contributed by atoms with Gasteiger partial charge in [0.2, 0.25) is 0 Å². The van der Waals surface area contributed by atoms with Gasteiger partial charge in [0.1, 0.15) is 5.82 Å². The van der Waals surface area contributed by atoms with Crippen LogP contribution in [0.5, 0.6) is 0 Å². The van der Waals surface area contributed by atoms with Crippen LogP contribution in [0, 0.1) is 11.7 Å². The van der Waals surface area contributed by atoms with Gasteiger partial charge in [0.05, 0.1) is 5.52 Å². The van der Waals surface area contributed by atoms with Crippen LogP contribution in [0.4, 0.5) is 10.1 Å². The van der Waals surface area contributed by atoms with Crippen LogP contribution in [0.15, 0.2) is 30.5 Å². The number of fused-ring (bicyclic) bond motifs is 1. The van der Waals surface area contributed by atoms with Crippen molar-refractivity contribution in [1.29, 1.82) is 0 Å². The maximum Gasteiger partial charge on any atom is 0.125 e. The maximum atomic E-state index is 13.1. The summed E-state index contributed by atoms with van der Waals surface area (Å²) in [6.45, 7) is 0.987. The van der Waals surface area contributed by atoms with E-state index in [4.69, 9.17) is 0 Å². The van der Waals surface area contributed by atoms with Gasteiger partial charge in [-0.25, -0.2) is 4.39 Å². The minimum Gasteiger partial charge on any atom is -0.384 e. The van der Waals surface area contributed by atoms with Gasteiger partial charge in [0.25, 0.3) is 0 Å². The Kier molecular flexibility index (Phi) is 2.67. The molecular weight excluding hydrogens is 215 g/mol. The summed E-state index contributed by atoms with van der Waals surface area (Å²) in [6, 6.07) is 6.70. The fourth-order valence-electron chi connectivity index (χ4n) is 2.09. The summed E-state index contributed by atoms with van der Waals surface area (Å²) < 4.78 is 13.1. The molecule has 17 heavy (non-hydrogen) atoms. The average molecular weight is 230 g/mol. The molecule has 2 aromatic rings. The molecule has 0 radical (unpaired) electrons. The summed E-state index contributed by atoms with van der Waals surface area (Å²) in [5, 5.41) is 4.41. The number of benzene rings is 1. The van der Waals surface area contributed by atoms with Gasteiger partial charge < -0.3 is 5.32 Å². The Morgan fingerprint density at radius 2 is 2.18 bits per heavy atom. The standard InChI is InChI=1S/C14H15FN2/c15-11-3-4-12-13(6-8-17-14(12)9-11)16-7-5-10-1-2-10/h3-4,6,8-10H,1-2,5,7H2,(H,16,17). The van der Waals surface area contributed by atoms with E-state index in [9.17, 15) is 4.39 Å². The molecule has 0 atom stereocenters. The molecule has 1 N–H and O–H groups in total. The van der Waals surface area contributed by atoms with Crippen LogP contribution in [0.25, 0.3) is 10.9 Å². The van der Waals surface area contributed by atoms with Crippen molar-refractivity contribution in [2.75, 3.05) is 11.9 Å². The van der Waals surface area contributed by atoms with E-state index < -0.39 is 0 Å². The normalized spacial score (nSPS) is 15.1. The highest BCUT2D eigenvalue weighted by Crippen LogP contribution is 2.32. The zero-order valence-corrected chi connectivity index (χ0v) is 9.62. The Morgan fingerprint density at radius 3 is 3.00 bits per heavy atom. The molecule has 3 rings (SSSR count). The smallest absolute Gasteiger partial charge is 0.125 e. The number of hydrogen-bond acceptors (Lipinski definition) is 2. The first-order chi connectivity index (χ1) is 8.33. The topological polar surface area (TPSA) is 24.9 Å². The fourth-order valence-corrected chi connectivity index (χ4v) is 2.09. The predicted octanol–water partition coefficient (Wildman–Crippen LogP) is 3.59. The molecule has 1 saturated carbocycles. The quantitative estimate of drug-likeness (QED) is 0.868. The van der Waals surface area contributed by atoms with Gasteiger partial charge in [-0.2, -0.15) is 0 Å². The fraction of sp³-hybridized carbons (Fsp3) is 0.357. The number of nitrogens with one attached hydrogen (secondary N) is 1. The lowest BCUT2D eigenvalue weighted by Gasteiger charge is -2.08. The molecule has 1 aromatic carbocycles. The number of pyridine rings is 1. The molecule has 0 unspecified atom stereocenters. The largest absolute Gasteiger partial charge is 0.384 e. The van der Waals surface area contributed by atoms with E-state index >= 15 is 0 Å². The second-order valence-electron chi connectivity index (χ2n) is 4.68. The number of anilines is 1. The first-order valence-corrected chi connectivity index (χ1v) is 6.11. The zero-order chi connectivity index (χ0) is 11.7. The van der Waals surface area contributed by atoms with Crippen LogP contribution in [0.2, 0.25) is 0 Å². The van der Waals surface area contributed by atoms with Crippen LogP contribution in [0.1, 0.15) is 19.3 Å². The molecule has 1 aliphatic rings. The molecule has 2 nitrogen and oxygen atoms in total. The molecule has 1 fully saturated rings. The third kappa shape index (κ3) is 2.38. The maximum absolute atomic E-state index is 13.1. The molecule has 0 amide bonds. The molecule has 0 spiro atoms. The van der Waals surface area contributed by atoms with Crippen molar-refractivity contribution >= 4 is 16.6 Å². The third-order valence-corrected chi connectivity index (χ3v) is 3.27. The summed E-state index contributed by atoms with van der Waals surface area (Å²) in [5.41, 5.74) is 1.76. The molecule has 1 heterocycles. The number of halogens is 1. The van der Waals surface area contributed by atoms with Gasteiger partial charge in [-0.1, -0.05) is 12.8 Å². The number of hydrogen-bond donors (Lipinski definition) is 1. The molecule has 88 valence electrons. The van der Waals surface area contributed by atoms with Crippen molar-refractivity contribution in [1.82, 2.24) is 4.98 Å². The second-order valence-corrected chi connectivity index (χ2v) is 4.68. The van der Waals surface area contributed by atoms with Crippen molar-refractivity contribution in [3.05, 3.63) is 36.3 Å². The van der Waals surface area contributed by atoms with Crippen molar-refractivity contribution in [3.8, 4) is 0 Å². The molecule has 1 aromatic heterocycles. The zero-order valence-electron chi connectivity index (χ0n) is 9.62. The van der Waals surface area contributed by atoms with Gasteiger partial charge in [-0.15, -0.1) is 0 Å². The summed E-state index contributed by atoms with van der Waals surface area (Å²) in [7, 11) is 0. The lowest BCUT2D eigenvalue weighted by atomic mass is 10.2. The van der Waals surface area contributed by atoms with E-state index in [2.05, 4.69) is 10.3 Å². The number of nitrogens with zero attached hydrogens (tertiary/aromatic N) is 1. The van der Waals surface area contributed by atoms with Gasteiger partial charge in [-0.3, -0.25) is 4.98 Å². The molecular formula is C14H15FN2. The van der Waals surface area contributed by atoms with Crippen LogP contribution in [-0.2, 0) is 0 Å². The first-order valence-electron chi connectivity index (χ1n) is 6.11. The average Bonchev–Trinajstić information content (AvgIpc) is 3.13. The van der Waals surface area contributed by atoms with Crippen molar-refractivity contribution in [2.45, 2.75) is 19.3 Å². The summed E-state index contributed by atoms with van der Waals surface area (Å²) in [4.78, 5) is 4.18. The van der Waals surface area contributed by atoms with Crippen LogP contribution in [0.3, 0.4) is 0 Å². The Bertz CT molecular complexity index is 535. The lowest BCUT2D eigenvalue weighted by molar-refractivity contribution is 0.629. The van der Waals surface area contributed by atoms with E-state index in [0.29, 0.717) is 5.52 Å². The van der Waals surface area contributed by atoms with Crippen molar-refractivity contribution in [3.63, 3.8) is 0 Å². The first kappa shape index (κ1) is 10.5. The summed E-state index contributed by atoms with van der Waals surface area (Å²) >= 11 is 0. The molecule has 0 bridgehead atoms. The Hall–Kier alpha value is -1.64. The highest BCUT2D eigenvalue weighted by Gasteiger charge is 2.20. The van der Waals surface area contributed by atoms with Crippen molar-refractivity contribution < 1.29 is 4.39 Å². The minimum atomic E-state index is -0.236. The molecule has 0 aliphatic heterocycles. The Morgan fingerprint density at radius 1 is 1.29 bits per heavy atom. The molecule has 3 heteroatoms. The molecule has 0 saturated heterocycles. The van der Waals surface area contributed by atoms with Crippen LogP contribution >= 0.6 is 0 Å². The SMILES string of the molecule is Fc1ccc2c(NCCC3CC3)ccnc2c1. The van der Waals surface area contributed by atoms with E-state index in [1.165, 1.54) is 31.4 Å². The van der Waals surface area contributed by atoms with E-state index in [-0.39, 0.29) is 5.82 Å². The number of aromatic nitrogens is 1. The van der Waals surface area contributed by atoms with Gasteiger partial charge in [0.15, 0.2) is 0 Å². The highest BCUT2D eigenvalue weighted by atomic mass is 19.1. The Balaban J connectivity index is 1.81. The second kappa shape index (κ2) is 4.32. The monoisotopic (exact) mass is 230 g/mol. The minimum absolute atomic E-state index is 0.236. The lowest BCUT2D eigenvalue weighted by Crippen LogP contribution is -2.03. The van der Waals surface area contributed by atoms with Gasteiger partial charge in [-0.05, 0) is 30.5 Å². The Labute approximate surface area is 99.9 Å². The van der Waals surface area contributed by atoms with E-state index in [1.807, 2.05) is 6.07 Å². The summed E-state index contributed by atoms with van der Waals surface area (Å²) in [5.74, 6) is 0.688. The van der Waals surface area contributed by atoms with Gasteiger partial charge in [0, 0.05) is 29.9 Å². The third-order valence-electron chi connectivity index (χ3n) is 3.27. The predicted molar refractivity (Wildman–Crippen MR) is 67.5 cm³/mol. The van der Waals surface area contributed by atoms with E-state index in [0.717, 1.165) is 23.5 Å². The number of rotatable bonds is 4. The van der Waals surface area contributed by atoms with E-state index in [1.54, 1.807) is 12.3 Å². The molecule has 1 aliphatic carbocycles. The van der Waals surface area contributed by atoms with Crippen LogP contribution < -0.4 is 5.32 Å². The van der Waals surface area contributed by atoms with Gasteiger partial charge >= 0.3 is 0 Å².